The minimum atomic E-state index is -0.366. The molecule has 104 valence electrons. The van der Waals surface area contributed by atoms with Crippen molar-refractivity contribution in [3.63, 3.8) is 0 Å². The van der Waals surface area contributed by atoms with Crippen molar-refractivity contribution in [2.75, 3.05) is 5.43 Å². The summed E-state index contributed by atoms with van der Waals surface area (Å²) in [7, 11) is 0. The zero-order chi connectivity index (χ0) is 14.7. The Kier molecular flexibility index (Phi) is 5.00. The summed E-state index contributed by atoms with van der Waals surface area (Å²) >= 11 is 23.6. The molecule has 20 heavy (non-hydrogen) atoms. The van der Waals surface area contributed by atoms with Crippen molar-refractivity contribution in [1.82, 2.24) is 5.43 Å². The maximum absolute atomic E-state index is 11.9. The molecule has 0 aliphatic carbocycles. The molecule has 0 atom stereocenters. The molecule has 3 nitrogen and oxygen atoms in total. The van der Waals surface area contributed by atoms with E-state index >= 15 is 0 Å². The zero-order valence-electron chi connectivity index (χ0n) is 9.88. The summed E-state index contributed by atoms with van der Waals surface area (Å²) < 4.78 is 0. The van der Waals surface area contributed by atoms with Crippen molar-refractivity contribution in [2.24, 2.45) is 0 Å². The van der Waals surface area contributed by atoms with Gasteiger partial charge in [-0.2, -0.15) is 0 Å². The van der Waals surface area contributed by atoms with Gasteiger partial charge in [-0.3, -0.25) is 15.6 Å². The molecular formula is C13H8Cl4N2O. The highest BCUT2D eigenvalue weighted by Gasteiger charge is 2.10. The van der Waals surface area contributed by atoms with Crippen LogP contribution >= 0.6 is 46.4 Å². The van der Waals surface area contributed by atoms with Crippen LogP contribution in [0.25, 0.3) is 0 Å². The predicted molar refractivity (Wildman–Crippen MR) is 84.0 cm³/mol. The van der Waals surface area contributed by atoms with E-state index in [1.807, 2.05) is 0 Å². The molecule has 0 aromatic heterocycles. The van der Waals surface area contributed by atoms with Gasteiger partial charge in [0.05, 0.1) is 15.7 Å². The van der Waals surface area contributed by atoms with Crippen LogP contribution in [0.5, 0.6) is 0 Å². The van der Waals surface area contributed by atoms with Gasteiger partial charge in [-0.1, -0.05) is 52.5 Å². The fourth-order valence-corrected chi connectivity index (χ4v) is 2.58. The molecular weight excluding hydrogens is 342 g/mol. The number of benzene rings is 2. The Morgan fingerprint density at radius 3 is 2.15 bits per heavy atom. The van der Waals surface area contributed by atoms with Gasteiger partial charge in [0.1, 0.15) is 0 Å². The first kappa shape index (κ1) is 15.3. The second-order valence-corrected chi connectivity index (χ2v) is 5.52. The average molecular weight is 350 g/mol. The second-order valence-electron chi connectivity index (χ2n) is 3.83. The van der Waals surface area contributed by atoms with Crippen LogP contribution in [0.15, 0.2) is 36.4 Å². The van der Waals surface area contributed by atoms with Crippen LogP contribution in [0.4, 0.5) is 5.69 Å². The molecule has 0 saturated heterocycles. The van der Waals surface area contributed by atoms with Crippen LogP contribution < -0.4 is 10.9 Å². The first-order chi connectivity index (χ1) is 9.47. The molecule has 0 heterocycles. The lowest BCUT2D eigenvalue weighted by molar-refractivity contribution is 0.0962. The molecule has 0 aliphatic heterocycles. The summed E-state index contributed by atoms with van der Waals surface area (Å²) in [5.74, 6) is -0.366. The molecule has 0 unspecified atom stereocenters. The number of halogens is 4. The van der Waals surface area contributed by atoms with Gasteiger partial charge < -0.3 is 0 Å². The molecule has 2 aromatic rings. The van der Waals surface area contributed by atoms with Crippen LogP contribution in [0.1, 0.15) is 10.4 Å². The number of nitrogens with one attached hydrogen (secondary N) is 2. The first-order valence-electron chi connectivity index (χ1n) is 5.44. The maximum Gasteiger partial charge on any atom is 0.269 e. The average Bonchev–Trinajstić information content (AvgIpc) is 2.37. The van der Waals surface area contributed by atoms with Crippen LogP contribution in [0, 0.1) is 0 Å². The van der Waals surface area contributed by atoms with Crippen molar-refractivity contribution in [1.29, 1.82) is 0 Å². The van der Waals surface area contributed by atoms with Gasteiger partial charge in [0.2, 0.25) is 0 Å². The summed E-state index contributed by atoms with van der Waals surface area (Å²) in [6, 6.07) is 9.57. The topological polar surface area (TPSA) is 41.1 Å². The minimum Gasteiger partial charge on any atom is -0.295 e. The van der Waals surface area contributed by atoms with Gasteiger partial charge in [0.25, 0.3) is 5.91 Å². The lowest BCUT2D eigenvalue weighted by atomic mass is 10.2. The molecule has 7 heteroatoms. The molecule has 2 rings (SSSR count). The lowest BCUT2D eigenvalue weighted by Gasteiger charge is -2.12. The summed E-state index contributed by atoms with van der Waals surface area (Å²) in [5.41, 5.74) is 5.92. The largest absolute Gasteiger partial charge is 0.295 e. The Morgan fingerprint density at radius 1 is 0.900 bits per heavy atom. The van der Waals surface area contributed by atoms with E-state index in [0.717, 1.165) is 0 Å². The highest BCUT2D eigenvalue weighted by molar-refractivity contribution is 6.41. The predicted octanol–water partition coefficient (Wildman–Crippen LogP) is 5.06. The van der Waals surface area contributed by atoms with E-state index in [1.165, 1.54) is 12.1 Å². The third-order valence-electron chi connectivity index (χ3n) is 2.39. The van der Waals surface area contributed by atoms with Crippen molar-refractivity contribution < 1.29 is 4.79 Å². The van der Waals surface area contributed by atoms with E-state index in [4.69, 9.17) is 46.4 Å². The summed E-state index contributed by atoms with van der Waals surface area (Å²) in [6.07, 6.45) is 0. The molecule has 0 spiro atoms. The Morgan fingerprint density at radius 2 is 1.55 bits per heavy atom. The normalized spacial score (nSPS) is 10.2. The van der Waals surface area contributed by atoms with Crippen molar-refractivity contribution in [3.8, 4) is 0 Å². The van der Waals surface area contributed by atoms with Crippen molar-refractivity contribution in [3.05, 3.63) is 62.1 Å². The Bertz CT molecular complexity index is 638. The van der Waals surface area contributed by atoms with Gasteiger partial charge >= 0.3 is 0 Å². The molecule has 0 saturated carbocycles. The Labute approximate surface area is 135 Å². The second kappa shape index (κ2) is 6.55. The van der Waals surface area contributed by atoms with Gasteiger partial charge in [-0.15, -0.1) is 0 Å². The molecule has 2 N–H and O–H groups in total. The van der Waals surface area contributed by atoms with Crippen LogP contribution in [-0.4, -0.2) is 5.91 Å². The number of hydrogen-bond donors (Lipinski definition) is 2. The fraction of sp³-hybridized carbons (Fsp3) is 0. The Balaban J connectivity index is 2.11. The van der Waals surface area contributed by atoms with E-state index < -0.39 is 0 Å². The summed E-state index contributed by atoms with van der Waals surface area (Å²) in [4.78, 5) is 11.9. The van der Waals surface area contributed by atoms with E-state index in [-0.39, 0.29) is 5.91 Å². The number of carbonyl (C=O) groups excluding carboxylic acids is 1. The SMILES string of the molecule is O=C(NNc1c(Cl)cc(Cl)cc1Cl)c1cccc(Cl)c1. The summed E-state index contributed by atoms with van der Waals surface area (Å²) in [6.45, 7) is 0. The van der Waals surface area contributed by atoms with E-state index in [1.54, 1.807) is 24.3 Å². The van der Waals surface area contributed by atoms with Gasteiger partial charge in [0.15, 0.2) is 0 Å². The van der Waals surface area contributed by atoms with Gasteiger partial charge in [-0.05, 0) is 30.3 Å². The maximum atomic E-state index is 11.9. The Hall–Kier alpha value is -1.13. The van der Waals surface area contributed by atoms with E-state index in [0.29, 0.717) is 31.3 Å². The van der Waals surface area contributed by atoms with Crippen LogP contribution in [0.3, 0.4) is 0 Å². The molecule has 0 fully saturated rings. The molecule has 0 radical (unpaired) electrons. The standard InChI is InChI=1S/C13H8Cl4N2O/c14-8-3-1-2-7(4-8)13(20)19-18-12-10(16)5-9(15)6-11(12)17/h1-6,18H,(H,19,20). The van der Waals surface area contributed by atoms with E-state index in [2.05, 4.69) is 10.9 Å². The number of amides is 1. The lowest BCUT2D eigenvalue weighted by Crippen LogP contribution is -2.29. The van der Waals surface area contributed by atoms with Gasteiger partial charge in [-0.25, -0.2) is 0 Å². The monoisotopic (exact) mass is 348 g/mol. The number of hydrogen-bond acceptors (Lipinski definition) is 2. The third-order valence-corrected chi connectivity index (χ3v) is 3.44. The highest BCUT2D eigenvalue weighted by Crippen LogP contribution is 2.33. The first-order valence-corrected chi connectivity index (χ1v) is 6.95. The smallest absolute Gasteiger partial charge is 0.269 e. The minimum absolute atomic E-state index is 0.300. The molecule has 0 bridgehead atoms. The quantitative estimate of drug-likeness (QED) is 0.760. The van der Waals surface area contributed by atoms with Crippen LogP contribution in [0.2, 0.25) is 20.1 Å². The molecule has 2 aromatic carbocycles. The van der Waals surface area contributed by atoms with E-state index in [9.17, 15) is 4.79 Å². The van der Waals surface area contributed by atoms with Crippen molar-refractivity contribution in [2.45, 2.75) is 0 Å². The number of anilines is 1. The van der Waals surface area contributed by atoms with Crippen molar-refractivity contribution >= 4 is 58.0 Å². The fourth-order valence-electron chi connectivity index (χ4n) is 1.48. The number of carbonyl (C=O) groups is 1. The molecule has 0 aliphatic rings. The third kappa shape index (κ3) is 3.70. The summed E-state index contributed by atoms with van der Waals surface area (Å²) in [5, 5.41) is 1.48. The highest BCUT2D eigenvalue weighted by atomic mass is 35.5. The zero-order valence-corrected chi connectivity index (χ0v) is 12.9. The molecule has 1 amide bonds. The van der Waals surface area contributed by atoms with Crippen LogP contribution in [-0.2, 0) is 0 Å². The van der Waals surface area contributed by atoms with Gasteiger partial charge in [0, 0.05) is 15.6 Å². The number of rotatable bonds is 3. The number of hydrazine groups is 1.